The Morgan fingerprint density at radius 2 is 2.04 bits per heavy atom. The monoisotopic (exact) mass is 335 g/mol. The van der Waals surface area contributed by atoms with Gasteiger partial charge in [-0.1, -0.05) is 6.42 Å². The van der Waals surface area contributed by atoms with E-state index in [-0.39, 0.29) is 5.91 Å². The van der Waals surface area contributed by atoms with Gasteiger partial charge in [0, 0.05) is 50.2 Å². The number of nitrogens with one attached hydrogen (secondary N) is 1. The molecule has 0 bridgehead atoms. The molecule has 2 heterocycles. The van der Waals surface area contributed by atoms with Crippen LogP contribution in [0.1, 0.15) is 55.6 Å². The zero-order chi connectivity index (χ0) is 16.2. The molecule has 126 valence electrons. The lowest BCUT2D eigenvalue weighted by Gasteiger charge is -2.36. The molecule has 1 aromatic rings. The second-order valence-corrected chi connectivity index (χ2v) is 7.53. The summed E-state index contributed by atoms with van der Waals surface area (Å²) in [5.74, 6) is 1.18. The number of likely N-dealkylation sites (tertiary alicyclic amines) is 1. The van der Waals surface area contributed by atoms with Gasteiger partial charge in [0.15, 0.2) is 0 Å². The van der Waals surface area contributed by atoms with Crippen molar-refractivity contribution < 1.29 is 9.59 Å². The summed E-state index contributed by atoms with van der Waals surface area (Å²) in [6, 6.07) is 0. The third-order valence-electron chi connectivity index (χ3n) is 4.93. The van der Waals surface area contributed by atoms with Crippen molar-refractivity contribution >= 4 is 23.2 Å². The lowest BCUT2D eigenvalue weighted by atomic mass is 9.83. The van der Waals surface area contributed by atoms with Gasteiger partial charge in [-0.3, -0.25) is 9.59 Å². The molecule has 0 aromatic carbocycles. The van der Waals surface area contributed by atoms with Crippen LogP contribution in [-0.2, 0) is 16.0 Å². The van der Waals surface area contributed by atoms with Crippen molar-refractivity contribution in [1.82, 2.24) is 15.2 Å². The lowest BCUT2D eigenvalue weighted by Crippen LogP contribution is -2.43. The summed E-state index contributed by atoms with van der Waals surface area (Å²) in [5.41, 5.74) is 1.06. The number of rotatable bonds is 5. The van der Waals surface area contributed by atoms with Gasteiger partial charge in [0.25, 0.3) is 0 Å². The quantitative estimate of drug-likeness (QED) is 0.898. The van der Waals surface area contributed by atoms with E-state index in [2.05, 4.69) is 15.6 Å². The van der Waals surface area contributed by atoms with E-state index in [1.807, 2.05) is 0 Å². The largest absolute Gasteiger partial charge is 0.356 e. The fourth-order valence-corrected chi connectivity index (χ4v) is 4.28. The van der Waals surface area contributed by atoms with Crippen LogP contribution in [0, 0.1) is 5.92 Å². The normalized spacial score (nSPS) is 19.4. The number of carbonyl (C=O) groups is 2. The number of carbonyl (C=O) groups excluding carboxylic acids is 2. The summed E-state index contributed by atoms with van der Waals surface area (Å²) in [7, 11) is 0. The van der Waals surface area contributed by atoms with Crippen molar-refractivity contribution in [3.8, 4) is 0 Å². The van der Waals surface area contributed by atoms with Gasteiger partial charge in [-0.05, 0) is 25.7 Å². The van der Waals surface area contributed by atoms with Crippen molar-refractivity contribution in [2.24, 2.45) is 5.92 Å². The van der Waals surface area contributed by atoms with Gasteiger partial charge in [-0.25, -0.2) is 4.98 Å². The lowest BCUT2D eigenvalue weighted by molar-refractivity contribution is -0.139. The molecule has 2 aliphatic rings. The number of piperidine rings is 1. The Morgan fingerprint density at radius 1 is 1.30 bits per heavy atom. The number of aromatic nitrogens is 1. The highest BCUT2D eigenvalue weighted by molar-refractivity contribution is 7.09. The minimum Gasteiger partial charge on any atom is -0.356 e. The Morgan fingerprint density at radius 3 is 2.65 bits per heavy atom. The Hall–Kier alpha value is -1.43. The molecule has 1 aliphatic carbocycles. The molecule has 0 unspecified atom stereocenters. The van der Waals surface area contributed by atoms with Crippen molar-refractivity contribution in [1.29, 1.82) is 0 Å². The number of thiazole rings is 1. The topological polar surface area (TPSA) is 62.3 Å². The maximum absolute atomic E-state index is 12.3. The Balaban J connectivity index is 1.46. The highest BCUT2D eigenvalue weighted by Crippen LogP contribution is 2.33. The van der Waals surface area contributed by atoms with E-state index in [0.29, 0.717) is 24.3 Å². The average Bonchev–Trinajstić information content (AvgIpc) is 2.94. The molecule has 1 aliphatic heterocycles. The fraction of sp³-hybridized carbons (Fsp3) is 0.706. The van der Waals surface area contributed by atoms with Crippen LogP contribution in [0.25, 0.3) is 0 Å². The zero-order valence-corrected chi connectivity index (χ0v) is 14.5. The first-order valence-electron chi connectivity index (χ1n) is 8.61. The fourth-order valence-electron chi connectivity index (χ4n) is 3.25. The minimum atomic E-state index is 0.00366. The molecule has 1 saturated carbocycles. The first-order chi connectivity index (χ1) is 11.1. The Kier molecular flexibility index (Phi) is 5.30. The molecule has 6 heteroatoms. The maximum Gasteiger partial charge on any atom is 0.225 e. The average molecular weight is 335 g/mol. The van der Waals surface area contributed by atoms with Gasteiger partial charge in [0.1, 0.15) is 0 Å². The molecule has 2 fully saturated rings. The second kappa shape index (κ2) is 7.43. The number of hydrogen-bond donors (Lipinski definition) is 1. The number of nitrogens with zero attached hydrogens (tertiary/aromatic N) is 2. The van der Waals surface area contributed by atoms with Crippen molar-refractivity contribution in [2.45, 2.75) is 51.4 Å². The van der Waals surface area contributed by atoms with E-state index in [9.17, 15) is 9.59 Å². The maximum atomic E-state index is 12.3. The van der Waals surface area contributed by atoms with E-state index >= 15 is 0 Å². The number of amides is 2. The van der Waals surface area contributed by atoms with E-state index in [0.717, 1.165) is 50.9 Å². The molecular formula is C17H25N3O2S. The predicted molar refractivity (Wildman–Crippen MR) is 90.4 cm³/mol. The van der Waals surface area contributed by atoms with E-state index in [1.54, 1.807) is 11.3 Å². The highest BCUT2D eigenvalue weighted by Gasteiger charge is 2.32. The predicted octanol–water partition coefficient (Wildman–Crippen LogP) is 2.33. The van der Waals surface area contributed by atoms with Crippen LogP contribution < -0.4 is 5.32 Å². The molecule has 3 rings (SSSR count). The molecular weight excluding hydrogens is 310 g/mol. The molecule has 0 radical (unpaired) electrons. The van der Waals surface area contributed by atoms with E-state index < -0.39 is 0 Å². The summed E-state index contributed by atoms with van der Waals surface area (Å²) < 4.78 is 0. The van der Waals surface area contributed by atoms with E-state index in [4.69, 9.17) is 4.98 Å². The molecule has 1 saturated heterocycles. The van der Waals surface area contributed by atoms with Gasteiger partial charge >= 0.3 is 0 Å². The summed E-state index contributed by atoms with van der Waals surface area (Å²) in [5, 5.41) is 6.10. The van der Waals surface area contributed by atoms with Crippen LogP contribution in [0.4, 0.5) is 0 Å². The van der Waals surface area contributed by atoms with Crippen LogP contribution in [0.2, 0.25) is 0 Å². The summed E-state index contributed by atoms with van der Waals surface area (Å²) in [6.45, 7) is 3.93. The molecule has 1 N–H and O–H groups in total. The van der Waals surface area contributed by atoms with Gasteiger partial charge in [-0.15, -0.1) is 11.3 Å². The molecule has 5 nitrogen and oxygen atoms in total. The smallest absolute Gasteiger partial charge is 0.225 e. The Labute approximate surface area is 141 Å². The standard InChI is InChI=1S/C17H25N3O2S/c1-12(21)18-8-5-15-11-23-16(19-15)13-6-9-20(10-7-13)17(22)14-3-2-4-14/h11,13-14H,2-10H2,1H3,(H,18,21). The van der Waals surface area contributed by atoms with E-state index in [1.165, 1.54) is 18.4 Å². The minimum absolute atomic E-state index is 0.00366. The van der Waals surface area contributed by atoms with Gasteiger partial charge in [0.05, 0.1) is 10.7 Å². The van der Waals surface area contributed by atoms with Gasteiger partial charge in [-0.2, -0.15) is 0 Å². The van der Waals surface area contributed by atoms with Crippen molar-refractivity contribution in [3.05, 3.63) is 16.1 Å². The van der Waals surface area contributed by atoms with Crippen LogP contribution in [0.5, 0.6) is 0 Å². The van der Waals surface area contributed by atoms with Crippen molar-refractivity contribution in [2.75, 3.05) is 19.6 Å². The Bertz CT molecular complexity index is 560. The SMILES string of the molecule is CC(=O)NCCc1csc(C2CCN(C(=O)C3CCC3)CC2)n1. The van der Waals surface area contributed by atoms with Crippen LogP contribution in [-0.4, -0.2) is 41.3 Å². The third kappa shape index (κ3) is 4.10. The summed E-state index contributed by atoms with van der Waals surface area (Å²) >= 11 is 1.72. The first kappa shape index (κ1) is 16.4. The van der Waals surface area contributed by atoms with Crippen LogP contribution in [0.15, 0.2) is 5.38 Å². The highest BCUT2D eigenvalue weighted by atomic mass is 32.1. The van der Waals surface area contributed by atoms with Crippen LogP contribution >= 0.6 is 11.3 Å². The zero-order valence-electron chi connectivity index (χ0n) is 13.7. The molecule has 1 aromatic heterocycles. The van der Waals surface area contributed by atoms with Gasteiger partial charge in [0.2, 0.25) is 11.8 Å². The molecule has 23 heavy (non-hydrogen) atoms. The molecule has 0 spiro atoms. The van der Waals surface area contributed by atoms with Gasteiger partial charge < -0.3 is 10.2 Å². The summed E-state index contributed by atoms with van der Waals surface area (Å²) in [4.78, 5) is 30.0. The molecule has 0 atom stereocenters. The number of hydrogen-bond acceptors (Lipinski definition) is 4. The summed E-state index contributed by atoms with van der Waals surface area (Å²) in [6.07, 6.45) is 6.22. The third-order valence-corrected chi connectivity index (χ3v) is 5.99. The van der Waals surface area contributed by atoms with Crippen molar-refractivity contribution in [3.63, 3.8) is 0 Å². The second-order valence-electron chi connectivity index (χ2n) is 6.64. The molecule has 2 amide bonds. The first-order valence-corrected chi connectivity index (χ1v) is 9.49. The van der Waals surface area contributed by atoms with Crippen LogP contribution in [0.3, 0.4) is 0 Å².